The lowest BCUT2D eigenvalue weighted by Gasteiger charge is -2.27. The molecule has 1 aliphatic rings. The second kappa shape index (κ2) is 6.15. The minimum Gasteiger partial charge on any atom is -0.465 e. The number of nitrogens with one attached hydrogen (secondary N) is 1. The third kappa shape index (κ3) is 3.48. The van der Waals surface area contributed by atoms with Gasteiger partial charge in [0.05, 0.1) is 6.04 Å². The van der Waals surface area contributed by atoms with Crippen LogP contribution >= 0.6 is 0 Å². The van der Waals surface area contributed by atoms with Gasteiger partial charge in [0, 0.05) is 0 Å². The highest BCUT2D eigenvalue weighted by Gasteiger charge is 2.40. The number of rotatable bonds is 2. The first-order chi connectivity index (χ1) is 12.0. The van der Waals surface area contributed by atoms with Gasteiger partial charge in [-0.1, -0.05) is 76.6 Å². The Bertz CT molecular complexity index is 859. The minimum absolute atomic E-state index is 0.107. The Morgan fingerprint density at radius 2 is 1.81 bits per heavy atom. The number of hydrogen-bond donors (Lipinski definition) is 2. The summed E-state index contributed by atoms with van der Waals surface area (Å²) in [6.07, 6.45) is -0.0903. The molecule has 1 unspecified atom stereocenters. The van der Waals surface area contributed by atoms with Crippen molar-refractivity contribution >= 4 is 6.09 Å². The largest absolute Gasteiger partial charge is 0.465 e. The molecule has 2 N–H and O–H groups in total. The summed E-state index contributed by atoms with van der Waals surface area (Å²) in [7, 11) is 0. The fourth-order valence-corrected chi connectivity index (χ4v) is 4.01. The number of benzene rings is 2. The number of amides is 1. The molecule has 0 aliphatic heterocycles. The van der Waals surface area contributed by atoms with Gasteiger partial charge < -0.3 is 10.4 Å². The Balaban J connectivity index is 2.04. The van der Waals surface area contributed by atoms with Gasteiger partial charge in [0.15, 0.2) is 0 Å². The second-order valence-corrected chi connectivity index (χ2v) is 9.30. The van der Waals surface area contributed by atoms with E-state index in [2.05, 4.69) is 83.3 Å². The molecule has 0 radical (unpaired) electrons. The van der Waals surface area contributed by atoms with E-state index in [1.54, 1.807) is 0 Å². The zero-order valence-electron chi connectivity index (χ0n) is 16.6. The number of carboxylic acid groups (broad SMARTS) is 1. The van der Waals surface area contributed by atoms with Gasteiger partial charge in [0.1, 0.15) is 0 Å². The molecule has 2 aromatic rings. The molecule has 138 valence electrons. The molecule has 0 spiro atoms. The van der Waals surface area contributed by atoms with E-state index >= 15 is 0 Å². The number of fused-ring (bicyclic) bond motifs is 1. The van der Waals surface area contributed by atoms with Crippen LogP contribution in [-0.4, -0.2) is 11.2 Å². The summed E-state index contributed by atoms with van der Waals surface area (Å²) in [5.41, 5.74) is 7.35. The normalized spacial score (nSPS) is 18.5. The summed E-state index contributed by atoms with van der Waals surface area (Å²) in [6.45, 7) is 13.1. The van der Waals surface area contributed by atoms with Crippen LogP contribution in [-0.2, 0) is 11.8 Å². The predicted octanol–water partition coefficient (Wildman–Crippen LogP) is 5.85. The summed E-state index contributed by atoms with van der Waals surface area (Å²) in [5, 5.41) is 11.9. The van der Waals surface area contributed by atoms with Crippen LogP contribution in [0, 0.1) is 12.3 Å². The monoisotopic (exact) mass is 351 g/mol. The highest BCUT2D eigenvalue weighted by atomic mass is 16.4. The van der Waals surface area contributed by atoms with Crippen LogP contribution in [0.2, 0.25) is 0 Å². The van der Waals surface area contributed by atoms with Crippen LogP contribution in [0.5, 0.6) is 0 Å². The molecule has 3 nitrogen and oxygen atoms in total. The van der Waals surface area contributed by atoms with E-state index in [0.717, 1.165) is 12.0 Å². The molecular formula is C23H29NO2. The summed E-state index contributed by atoms with van der Waals surface area (Å²) in [4.78, 5) is 11.2. The highest BCUT2D eigenvalue weighted by molar-refractivity contribution is 5.69. The van der Waals surface area contributed by atoms with Crippen molar-refractivity contribution in [1.82, 2.24) is 5.32 Å². The van der Waals surface area contributed by atoms with E-state index in [9.17, 15) is 9.90 Å². The van der Waals surface area contributed by atoms with Gasteiger partial charge in [-0.15, -0.1) is 0 Å². The molecule has 0 saturated carbocycles. The Kier molecular flexibility index (Phi) is 4.38. The minimum atomic E-state index is -0.964. The van der Waals surface area contributed by atoms with Gasteiger partial charge in [-0.3, -0.25) is 0 Å². The first-order valence-electron chi connectivity index (χ1n) is 9.22. The summed E-state index contributed by atoms with van der Waals surface area (Å²) >= 11 is 0. The molecule has 0 bridgehead atoms. The predicted molar refractivity (Wildman–Crippen MR) is 107 cm³/mol. The van der Waals surface area contributed by atoms with Gasteiger partial charge in [-0.25, -0.2) is 4.79 Å². The molecule has 0 aromatic heterocycles. The molecule has 1 amide bonds. The molecular weight excluding hydrogens is 322 g/mol. The lowest BCUT2D eigenvalue weighted by molar-refractivity contribution is 0.175. The maximum absolute atomic E-state index is 11.2. The first-order valence-corrected chi connectivity index (χ1v) is 9.22. The van der Waals surface area contributed by atoms with Crippen molar-refractivity contribution in [3.63, 3.8) is 0 Å². The fraction of sp³-hybridized carbons (Fsp3) is 0.435. The standard InChI is InChI=1S/C23H29NO2/c1-14-9-16(12-18(10-14)22(2,3)4)15-7-8-19-17(11-15)13-23(5,6)20(19)24-21(25)26/h7-12,20,24H,13H2,1-6H3,(H,25,26). The second-order valence-electron chi connectivity index (χ2n) is 9.30. The quantitative estimate of drug-likeness (QED) is 0.713. The zero-order chi connectivity index (χ0) is 19.3. The summed E-state index contributed by atoms with van der Waals surface area (Å²) in [5.74, 6) is 0. The molecule has 1 aliphatic carbocycles. The van der Waals surface area contributed by atoms with Crippen molar-refractivity contribution in [2.24, 2.45) is 5.41 Å². The number of hydrogen-bond acceptors (Lipinski definition) is 1. The van der Waals surface area contributed by atoms with E-state index in [4.69, 9.17) is 0 Å². The molecule has 0 fully saturated rings. The van der Waals surface area contributed by atoms with Crippen LogP contribution < -0.4 is 5.32 Å². The van der Waals surface area contributed by atoms with E-state index < -0.39 is 6.09 Å². The van der Waals surface area contributed by atoms with Crippen molar-refractivity contribution in [2.45, 2.75) is 59.4 Å². The van der Waals surface area contributed by atoms with Gasteiger partial charge in [-0.2, -0.15) is 0 Å². The average molecular weight is 351 g/mol. The third-order valence-electron chi connectivity index (χ3n) is 5.43. The lowest BCUT2D eigenvalue weighted by atomic mass is 9.84. The van der Waals surface area contributed by atoms with E-state index in [-0.39, 0.29) is 16.9 Å². The molecule has 3 heteroatoms. The SMILES string of the molecule is Cc1cc(-c2ccc3c(c2)CC(C)(C)C3NC(=O)O)cc(C(C)(C)C)c1. The third-order valence-corrected chi connectivity index (χ3v) is 5.43. The molecule has 3 rings (SSSR count). The smallest absolute Gasteiger partial charge is 0.405 e. The maximum atomic E-state index is 11.2. The molecule has 0 saturated heterocycles. The first kappa shape index (κ1) is 18.5. The Labute approximate surface area is 156 Å². The van der Waals surface area contributed by atoms with E-state index in [1.807, 2.05) is 0 Å². The zero-order valence-corrected chi connectivity index (χ0v) is 16.6. The topological polar surface area (TPSA) is 49.3 Å². The van der Waals surface area contributed by atoms with Crippen molar-refractivity contribution < 1.29 is 9.90 Å². The Hall–Kier alpha value is -2.29. The van der Waals surface area contributed by atoms with Crippen molar-refractivity contribution in [3.8, 4) is 11.1 Å². The summed E-state index contributed by atoms with van der Waals surface area (Å²) < 4.78 is 0. The van der Waals surface area contributed by atoms with Gasteiger partial charge >= 0.3 is 6.09 Å². The molecule has 26 heavy (non-hydrogen) atoms. The average Bonchev–Trinajstić information content (AvgIpc) is 2.75. The number of aryl methyl sites for hydroxylation is 1. The van der Waals surface area contributed by atoms with Crippen LogP contribution in [0.4, 0.5) is 4.79 Å². The van der Waals surface area contributed by atoms with Crippen molar-refractivity contribution in [2.75, 3.05) is 0 Å². The fourth-order valence-electron chi connectivity index (χ4n) is 4.01. The highest BCUT2D eigenvalue weighted by Crippen LogP contribution is 2.46. The summed E-state index contributed by atoms with van der Waals surface area (Å²) in [6, 6.07) is 13.1. The Morgan fingerprint density at radius 1 is 1.12 bits per heavy atom. The number of carbonyl (C=O) groups is 1. The van der Waals surface area contributed by atoms with Crippen molar-refractivity contribution in [3.05, 3.63) is 58.7 Å². The van der Waals surface area contributed by atoms with Crippen molar-refractivity contribution in [1.29, 1.82) is 0 Å². The van der Waals surface area contributed by atoms with Gasteiger partial charge in [-0.05, 0) is 52.0 Å². The van der Waals surface area contributed by atoms with Crippen LogP contribution in [0.1, 0.15) is 62.9 Å². The molecule has 2 aromatic carbocycles. The maximum Gasteiger partial charge on any atom is 0.405 e. The molecule has 1 atom stereocenters. The van der Waals surface area contributed by atoms with Crippen LogP contribution in [0.25, 0.3) is 11.1 Å². The van der Waals surface area contributed by atoms with Crippen LogP contribution in [0.15, 0.2) is 36.4 Å². The molecule has 0 heterocycles. The van der Waals surface area contributed by atoms with Gasteiger partial charge in [0.25, 0.3) is 0 Å². The van der Waals surface area contributed by atoms with E-state index in [0.29, 0.717) is 0 Å². The lowest BCUT2D eigenvalue weighted by Crippen LogP contribution is -2.34. The Morgan fingerprint density at radius 3 is 2.42 bits per heavy atom. The van der Waals surface area contributed by atoms with E-state index in [1.165, 1.54) is 27.8 Å². The van der Waals surface area contributed by atoms with Crippen LogP contribution in [0.3, 0.4) is 0 Å². The van der Waals surface area contributed by atoms with Gasteiger partial charge in [0.2, 0.25) is 0 Å².